The molecule has 2 N–H and O–H groups in total. The van der Waals surface area contributed by atoms with E-state index in [4.69, 9.17) is 0 Å². The van der Waals surface area contributed by atoms with E-state index >= 15 is 0 Å². The quantitative estimate of drug-likeness (QED) is 0.646. The van der Waals surface area contributed by atoms with Crippen molar-refractivity contribution in [1.29, 1.82) is 0 Å². The molecule has 11 heteroatoms. The number of alkyl halides is 3. The molecule has 3 rings (SSSR count). The van der Waals surface area contributed by atoms with Crippen molar-refractivity contribution in [2.24, 2.45) is 0 Å². The number of benzene rings is 1. The summed E-state index contributed by atoms with van der Waals surface area (Å²) in [4.78, 5) is 40.6. The second kappa shape index (κ2) is 10.3. The fraction of sp³-hybridized carbons (Fsp3) is 0.591. The molecule has 0 spiro atoms. The van der Waals surface area contributed by atoms with Crippen LogP contribution in [0.4, 0.5) is 18.9 Å². The molecule has 1 fully saturated rings. The van der Waals surface area contributed by atoms with Gasteiger partial charge in [0, 0.05) is 44.0 Å². The van der Waals surface area contributed by atoms with Gasteiger partial charge in [-0.3, -0.25) is 14.4 Å². The van der Waals surface area contributed by atoms with Crippen molar-refractivity contribution in [1.82, 2.24) is 15.5 Å². The van der Waals surface area contributed by atoms with Crippen molar-refractivity contribution < 1.29 is 27.6 Å². The molecule has 1 unspecified atom stereocenters. The zero-order valence-corrected chi connectivity index (χ0v) is 19.7. The normalized spacial score (nSPS) is 20.9. The number of thioether (sulfide) groups is 1. The Morgan fingerprint density at radius 2 is 2.06 bits per heavy atom. The van der Waals surface area contributed by atoms with Gasteiger partial charge < -0.3 is 20.4 Å². The van der Waals surface area contributed by atoms with Gasteiger partial charge in [0.2, 0.25) is 11.8 Å². The van der Waals surface area contributed by atoms with Crippen LogP contribution in [0.5, 0.6) is 0 Å². The van der Waals surface area contributed by atoms with E-state index in [1.807, 2.05) is 0 Å². The summed E-state index contributed by atoms with van der Waals surface area (Å²) in [6.07, 6.45) is -2.90. The van der Waals surface area contributed by atoms with Gasteiger partial charge in [-0.2, -0.15) is 13.2 Å². The van der Waals surface area contributed by atoms with Crippen molar-refractivity contribution in [2.45, 2.75) is 55.5 Å². The Hall–Kier alpha value is -2.27. The van der Waals surface area contributed by atoms with Crippen molar-refractivity contribution in [3.05, 3.63) is 23.3 Å². The largest absolute Gasteiger partial charge is 0.417 e. The van der Waals surface area contributed by atoms with Gasteiger partial charge in [-0.25, -0.2) is 0 Å². The zero-order chi connectivity index (χ0) is 24.3. The van der Waals surface area contributed by atoms with Gasteiger partial charge in [0.15, 0.2) is 0 Å². The topological polar surface area (TPSA) is 81.8 Å². The smallest absolute Gasteiger partial charge is 0.354 e. The number of rotatable bonds is 6. The van der Waals surface area contributed by atoms with Gasteiger partial charge in [0.25, 0.3) is 5.91 Å². The molecular weight excluding hydrogens is 457 g/mol. The Morgan fingerprint density at radius 3 is 2.67 bits per heavy atom. The summed E-state index contributed by atoms with van der Waals surface area (Å²) < 4.78 is 41.9. The van der Waals surface area contributed by atoms with Crippen LogP contribution in [0.3, 0.4) is 0 Å². The Labute approximate surface area is 195 Å². The maximum atomic E-state index is 14.0. The average Bonchev–Trinajstić information content (AvgIpc) is 2.79. The van der Waals surface area contributed by atoms with Crippen LogP contribution in [0, 0.1) is 0 Å². The van der Waals surface area contributed by atoms with Crippen molar-refractivity contribution in [2.75, 3.05) is 38.1 Å². The highest BCUT2D eigenvalue weighted by atomic mass is 32.2. The minimum Gasteiger partial charge on any atom is -0.354 e. The van der Waals surface area contributed by atoms with E-state index in [9.17, 15) is 27.6 Å². The van der Waals surface area contributed by atoms with Gasteiger partial charge in [0.05, 0.1) is 22.1 Å². The third-order valence-electron chi connectivity index (χ3n) is 5.96. The zero-order valence-electron chi connectivity index (χ0n) is 18.9. The number of hydrogen-bond acceptors (Lipinski definition) is 5. The lowest BCUT2D eigenvalue weighted by Gasteiger charge is -2.35. The van der Waals surface area contributed by atoms with Crippen molar-refractivity contribution in [3.63, 3.8) is 0 Å². The molecule has 1 aromatic carbocycles. The third-order valence-corrected chi connectivity index (χ3v) is 7.10. The number of anilines is 1. The van der Waals surface area contributed by atoms with Crippen LogP contribution in [-0.4, -0.2) is 67.1 Å². The monoisotopic (exact) mass is 486 g/mol. The van der Waals surface area contributed by atoms with Crippen LogP contribution in [-0.2, 0) is 15.8 Å². The van der Waals surface area contributed by atoms with Gasteiger partial charge in [0.1, 0.15) is 0 Å². The summed E-state index contributed by atoms with van der Waals surface area (Å²) >= 11 is 1.04. The van der Waals surface area contributed by atoms with Gasteiger partial charge >= 0.3 is 6.18 Å². The second-order valence-corrected chi connectivity index (χ2v) is 9.62. The Bertz CT molecular complexity index is 919. The lowest BCUT2D eigenvalue weighted by Crippen LogP contribution is -2.47. The predicted molar refractivity (Wildman–Crippen MR) is 120 cm³/mol. The van der Waals surface area contributed by atoms with Crippen LogP contribution < -0.4 is 15.5 Å². The summed E-state index contributed by atoms with van der Waals surface area (Å²) in [5.74, 6) is -1.19. The number of carbonyl (C=O) groups is 3. The van der Waals surface area contributed by atoms with Crippen LogP contribution in [0.2, 0.25) is 0 Å². The predicted octanol–water partition coefficient (Wildman–Crippen LogP) is 2.88. The molecule has 0 bridgehead atoms. The minimum atomic E-state index is -4.73. The van der Waals surface area contributed by atoms with E-state index in [1.165, 1.54) is 22.9 Å². The molecule has 2 aliphatic heterocycles. The molecule has 1 saturated heterocycles. The van der Waals surface area contributed by atoms with Crippen LogP contribution in [0.15, 0.2) is 17.0 Å². The molecule has 2 aliphatic rings. The van der Waals surface area contributed by atoms with Crippen molar-refractivity contribution >= 4 is 35.2 Å². The van der Waals surface area contributed by atoms with Crippen LogP contribution in [0.25, 0.3) is 0 Å². The molecule has 33 heavy (non-hydrogen) atoms. The van der Waals surface area contributed by atoms with Gasteiger partial charge in [-0.15, -0.1) is 11.8 Å². The molecule has 1 aromatic rings. The SMILES string of the molecule is CCC(=O)NCCN1C(=O)C(C)Sc2cc(C(F)(F)F)c(C(=O)N(C)[C@@H]3CCCNC3)cc21. The van der Waals surface area contributed by atoms with E-state index in [2.05, 4.69) is 10.6 Å². The van der Waals surface area contributed by atoms with E-state index in [1.54, 1.807) is 13.8 Å². The molecule has 3 amide bonds. The fourth-order valence-corrected chi connectivity index (χ4v) is 5.13. The molecule has 0 saturated carbocycles. The number of hydrogen-bond donors (Lipinski definition) is 2. The van der Waals surface area contributed by atoms with E-state index in [0.29, 0.717) is 13.0 Å². The highest BCUT2D eigenvalue weighted by Crippen LogP contribution is 2.44. The summed E-state index contributed by atoms with van der Waals surface area (Å²) in [6, 6.07) is 1.95. The highest BCUT2D eigenvalue weighted by molar-refractivity contribution is 8.01. The van der Waals surface area contributed by atoms with Crippen LogP contribution >= 0.6 is 11.8 Å². The standard InChI is InChI=1S/C22H29F3N4O3S/c1-4-19(30)27-8-9-29-17-10-15(21(32)28(3)14-6-5-7-26-12-14)16(22(23,24)25)11-18(17)33-13(2)20(29)31/h10-11,13-14,26H,4-9,12H2,1-3H3,(H,27,30)/t13?,14-/m1/s1. The highest BCUT2D eigenvalue weighted by Gasteiger charge is 2.40. The number of fused-ring (bicyclic) bond motifs is 1. The summed E-state index contributed by atoms with van der Waals surface area (Å²) in [5, 5.41) is 5.26. The van der Waals surface area contributed by atoms with E-state index < -0.39 is 28.5 Å². The first kappa shape index (κ1) is 25.4. The molecular formula is C22H29F3N4O3S. The Morgan fingerprint density at radius 1 is 1.33 bits per heavy atom. The Balaban J connectivity index is 2.00. The van der Waals surface area contributed by atoms with Crippen LogP contribution in [0.1, 0.15) is 49.0 Å². The number of nitrogens with zero attached hydrogens (tertiary/aromatic N) is 2. The number of amides is 3. The Kier molecular flexibility index (Phi) is 7.94. The molecule has 0 aliphatic carbocycles. The summed E-state index contributed by atoms with van der Waals surface area (Å²) in [6.45, 7) is 4.92. The molecule has 7 nitrogen and oxygen atoms in total. The van der Waals surface area contributed by atoms with Crippen molar-refractivity contribution in [3.8, 4) is 0 Å². The molecule has 0 aromatic heterocycles. The number of carbonyl (C=O) groups excluding carboxylic acids is 3. The lowest BCUT2D eigenvalue weighted by atomic mass is 10.0. The first-order valence-corrected chi connectivity index (χ1v) is 11.9. The number of likely N-dealkylation sites (N-methyl/N-ethyl adjacent to an activating group) is 1. The second-order valence-electron chi connectivity index (χ2n) is 8.23. The fourth-order valence-electron chi connectivity index (χ4n) is 4.05. The summed E-state index contributed by atoms with van der Waals surface area (Å²) in [5.41, 5.74) is -1.21. The lowest BCUT2D eigenvalue weighted by molar-refractivity contribution is -0.138. The number of halogens is 3. The van der Waals surface area contributed by atoms with Gasteiger partial charge in [-0.05, 0) is 38.4 Å². The maximum absolute atomic E-state index is 14.0. The first-order chi connectivity index (χ1) is 15.5. The molecule has 182 valence electrons. The number of piperidine rings is 1. The average molecular weight is 487 g/mol. The first-order valence-electron chi connectivity index (χ1n) is 11.0. The number of nitrogens with one attached hydrogen (secondary N) is 2. The minimum absolute atomic E-state index is 0.101. The summed E-state index contributed by atoms with van der Waals surface area (Å²) in [7, 11) is 1.51. The third kappa shape index (κ3) is 5.63. The molecule has 0 radical (unpaired) electrons. The maximum Gasteiger partial charge on any atom is 0.417 e. The van der Waals surface area contributed by atoms with E-state index in [-0.39, 0.29) is 47.9 Å². The molecule has 2 atom stereocenters. The molecule has 2 heterocycles. The van der Waals surface area contributed by atoms with Gasteiger partial charge in [-0.1, -0.05) is 6.92 Å². The van der Waals surface area contributed by atoms with E-state index in [0.717, 1.165) is 30.8 Å².